The maximum atomic E-state index is 12.7. The lowest BCUT2D eigenvalue weighted by atomic mass is 10.2. The van der Waals surface area contributed by atoms with Crippen molar-refractivity contribution < 1.29 is 9.21 Å². The van der Waals surface area contributed by atoms with Crippen LogP contribution in [0.1, 0.15) is 41.1 Å². The quantitative estimate of drug-likeness (QED) is 0.776. The van der Waals surface area contributed by atoms with E-state index in [9.17, 15) is 4.79 Å². The van der Waals surface area contributed by atoms with E-state index in [1.807, 2.05) is 44.2 Å². The summed E-state index contributed by atoms with van der Waals surface area (Å²) in [5, 5.41) is 3.57. The van der Waals surface area contributed by atoms with Crippen LogP contribution >= 0.6 is 11.3 Å². The van der Waals surface area contributed by atoms with E-state index in [4.69, 9.17) is 10.2 Å². The van der Waals surface area contributed by atoms with Crippen LogP contribution in [-0.4, -0.2) is 22.3 Å². The molecular weight excluding hydrogens is 310 g/mol. The Morgan fingerprint density at radius 1 is 1.43 bits per heavy atom. The number of carbonyl (C=O) groups excluding carboxylic acids is 1. The van der Waals surface area contributed by atoms with Crippen LogP contribution in [-0.2, 0) is 6.54 Å². The molecule has 2 N–H and O–H groups in total. The number of amides is 1. The molecule has 0 saturated heterocycles. The molecule has 6 heteroatoms. The minimum atomic E-state index is -0.164. The van der Waals surface area contributed by atoms with Gasteiger partial charge < -0.3 is 15.1 Å². The Kier molecular flexibility index (Phi) is 4.45. The first-order chi connectivity index (χ1) is 11.1. The van der Waals surface area contributed by atoms with Gasteiger partial charge in [0.15, 0.2) is 0 Å². The number of hydrogen-bond acceptors (Lipinski definition) is 5. The summed E-state index contributed by atoms with van der Waals surface area (Å²) in [4.78, 5) is 18.8. The van der Waals surface area contributed by atoms with Crippen LogP contribution < -0.4 is 5.73 Å². The average molecular weight is 329 g/mol. The molecule has 1 amide bonds. The molecule has 2 aromatic heterocycles. The number of nitrogens with zero attached hydrogens (tertiary/aromatic N) is 2. The Balaban J connectivity index is 1.88. The lowest BCUT2D eigenvalue weighted by Gasteiger charge is -2.25. The summed E-state index contributed by atoms with van der Waals surface area (Å²) < 4.78 is 5.89. The average Bonchev–Trinajstić information content (AvgIpc) is 3.21. The second kappa shape index (κ2) is 6.52. The third-order valence-corrected chi connectivity index (χ3v) is 4.74. The van der Waals surface area contributed by atoms with Crippen molar-refractivity contribution in [2.24, 2.45) is 5.73 Å². The van der Waals surface area contributed by atoms with Gasteiger partial charge in [0, 0.05) is 23.9 Å². The smallest absolute Gasteiger partial charge is 0.273 e. The number of carbonyl (C=O) groups is 1. The van der Waals surface area contributed by atoms with Gasteiger partial charge >= 0.3 is 0 Å². The molecule has 1 unspecified atom stereocenters. The molecule has 2 heterocycles. The Bertz CT molecular complexity index is 791. The number of thiazole rings is 1. The van der Waals surface area contributed by atoms with Gasteiger partial charge in [0.1, 0.15) is 22.0 Å². The zero-order valence-electron chi connectivity index (χ0n) is 13.2. The highest BCUT2D eigenvalue weighted by Gasteiger charge is 2.25. The summed E-state index contributed by atoms with van der Waals surface area (Å²) in [6.07, 6.45) is 0. The van der Waals surface area contributed by atoms with Crippen molar-refractivity contribution in [3.8, 4) is 0 Å². The third-order valence-electron chi connectivity index (χ3n) is 3.87. The molecule has 0 saturated carbocycles. The number of nitrogens with two attached hydrogens (primary N) is 1. The second-order valence-electron chi connectivity index (χ2n) is 5.28. The van der Waals surface area contributed by atoms with E-state index >= 15 is 0 Å². The Hall–Kier alpha value is -2.18. The number of rotatable bonds is 5. The normalized spacial score (nSPS) is 12.5. The standard InChI is InChI=1S/C17H19N3O2S/c1-3-20(17(21)13-10-23-16(9-18)19-13)11(2)15-8-12-6-4-5-7-14(12)22-15/h4-8,10-11H,3,9,18H2,1-2H3. The van der Waals surface area contributed by atoms with Crippen molar-refractivity contribution in [2.45, 2.75) is 26.4 Å². The van der Waals surface area contributed by atoms with Gasteiger partial charge in [-0.25, -0.2) is 4.98 Å². The predicted molar refractivity (Wildman–Crippen MR) is 91.3 cm³/mol. The van der Waals surface area contributed by atoms with Crippen molar-refractivity contribution in [2.75, 3.05) is 6.54 Å². The maximum absolute atomic E-state index is 12.7. The topological polar surface area (TPSA) is 72.4 Å². The first kappa shape index (κ1) is 15.7. The summed E-state index contributed by atoms with van der Waals surface area (Å²) in [6, 6.07) is 9.66. The zero-order chi connectivity index (χ0) is 16.4. The van der Waals surface area contributed by atoms with Crippen LogP contribution in [0.2, 0.25) is 0 Å². The van der Waals surface area contributed by atoms with E-state index in [2.05, 4.69) is 4.98 Å². The Morgan fingerprint density at radius 3 is 2.87 bits per heavy atom. The van der Waals surface area contributed by atoms with E-state index in [0.29, 0.717) is 18.8 Å². The van der Waals surface area contributed by atoms with Crippen LogP contribution in [0.25, 0.3) is 11.0 Å². The molecule has 0 aliphatic heterocycles. The number of hydrogen-bond donors (Lipinski definition) is 1. The monoisotopic (exact) mass is 329 g/mol. The summed E-state index contributed by atoms with van der Waals surface area (Å²) in [5.41, 5.74) is 6.85. The van der Waals surface area contributed by atoms with Gasteiger partial charge in [0.2, 0.25) is 0 Å². The first-order valence-corrected chi connectivity index (χ1v) is 8.46. The van der Waals surface area contributed by atoms with Crippen LogP contribution in [0.5, 0.6) is 0 Å². The minimum Gasteiger partial charge on any atom is -0.459 e. The number of para-hydroxylation sites is 1. The highest BCUT2D eigenvalue weighted by atomic mass is 32.1. The van der Waals surface area contributed by atoms with E-state index in [0.717, 1.165) is 21.7 Å². The first-order valence-electron chi connectivity index (χ1n) is 7.58. The lowest BCUT2D eigenvalue weighted by molar-refractivity contribution is 0.0679. The van der Waals surface area contributed by atoms with Crippen molar-refractivity contribution in [3.05, 3.63) is 52.2 Å². The van der Waals surface area contributed by atoms with Gasteiger partial charge in [0.05, 0.1) is 6.04 Å². The van der Waals surface area contributed by atoms with E-state index in [-0.39, 0.29) is 11.9 Å². The molecule has 3 rings (SSSR count). The fourth-order valence-electron chi connectivity index (χ4n) is 2.61. The van der Waals surface area contributed by atoms with Crippen LogP contribution in [0.3, 0.4) is 0 Å². The van der Waals surface area contributed by atoms with Gasteiger partial charge in [-0.3, -0.25) is 4.79 Å². The molecule has 120 valence electrons. The van der Waals surface area contributed by atoms with Gasteiger partial charge in [-0.1, -0.05) is 18.2 Å². The Labute approximate surface area is 138 Å². The van der Waals surface area contributed by atoms with Crippen LogP contribution in [0, 0.1) is 0 Å². The highest BCUT2D eigenvalue weighted by molar-refractivity contribution is 7.09. The highest BCUT2D eigenvalue weighted by Crippen LogP contribution is 2.28. The van der Waals surface area contributed by atoms with Gasteiger partial charge in [0.25, 0.3) is 5.91 Å². The molecule has 1 atom stereocenters. The molecule has 0 radical (unpaired) electrons. The number of fused-ring (bicyclic) bond motifs is 1. The van der Waals surface area contributed by atoms with Crippen LogP contribution in [0.4, 0.5) is 0 Å². The molecule has 0 aliphatic rings. The summed E-state index contributed by atoms with van der Waals surface area (Å²) in [7, 11) is 0. The van der Waals surface area contributed by atoms with Crippen molar-refractivity contribution in [1.82, 2.24) is 9.88 Å². The van der Waals surface area contributed by atoms with Crippen molar-refractivity contribution in [3.63, 3.8) is 0 Å². The SMILES string of the molecule is CCN(C(=O)c1csc(CN)n1)C(C)c1cc2ccccc2o1. The summed E-state index contributed by atoms with van der Waals surface area (Å²) in [6.45, 7) is 4.85. The Morgan fingerprint density at radius 2 is 2.22 bits per heavy atom. The van der Waals surface area contributed by atoms with Gasteiger partial charge in [-0.15, -0.1) is 11.3 Å². The molecule has 23 heavy (non-hydrogen) atoms. The number of aromatic nitrogens is 1. The largest absolute Gasteiger partial charge is 0.459 e. The molecule has 0 aliphatic carbocycles. The van der Waals surface area contributed by atoms with Crippen LogP contribution in [0.15, 0.2) is 40.1 Å². The summed E-state index contributed by atoms with van der Waals surface area (Å²) in [5.74, 6) is 0.673. The van der Waals surface area contributed by atoms with Gasteiger partial charge in [-0.2, -0.15) is 0 Å². The van der Waals surface area contributed by atoms with E-state index in [1.54, 1.807) is 10.3 Å². The summed E-state index contributed by atoms with van der Waals surface area (Å²) >= 11 is 1.41. The number of benzene rings is 1. The third kappa shape index (κ3) is 3.00. The van der Waals surface area contributed by atoms with Crippen molar-refractivity contribution in [1.29, 1.82) is 0 Å². The lowest BCUT2D eigenvalue weighted by Crippen LogP contribution is -2.33. The molecule has 3 aromatic rings. The molecule has 1 aromatic carbocycles. The fraction of sp³-hybridized carbons (Fsp3) is 0.294. The molecular formula is C17H19N3O2S. The second-order valence-corrected chi connectivity index (χ2v) is 6.23. The number of furan rings is 1. The van der Waals surface area contributed by atoms with Gasteiger partial charge in [-0.05, 0) is 26.0 Å². The molecule has 0 fully saturated rings. The van der Waals surface area contributed by atoms with E-state index < -0.39 is 0 Å². The zero-order valence-corrected chi connectivity index (χ0v) is 14.0. The fourth-order valence-corrected chi connectivity index (χ4v) is 3.25. The molecule has 0 spiro atoms. The van der Waals surface area contributed by atoms with Crippen molar-refractivity contribution >= 4 is 28.2 Å². The molecule has 0 bridgehead atoms. The molecule has 5 nitrogen and oxygen atoms in total. The predicted octanol–water partition coefficient (Wildman–Crippen LogP) is 3.57. The maximum Gasteiger partial charge on any atom is 0.273 e. The minimum absolute atomic E-state index is 0.101. The van der Waals surface area contributed by atoms with E-state index in [1.165, 1.54) is 11.3 Å².